The van der Waals surface area contributed by atoms with Crippen LogP contribution in [0.5, 0.6) is 0 Å². The van der Waals surface area contributed by atoms with Gasteiger partial charge < -0.3 is 15.1 Å². The minimum Gasteiger partial charge on any atom is -0.376 e. The van der Waals surface area contributed by atoms with E-state index < -0.39 is 0 Å². The summed E-state index contributed by atoms with van der Waals surface area (Å²) in [4.78, 5) is 27.1. The molecule has 1 fully saturated rings. The number of piperazine rings is 1. The van der Waals surface area contributed by atoms with Crippen LogP contribution in [0.1, 0.15) is 6.92 Å². The van der Waals surface area contributed by atoms with Crippen molar-refractivity contribution in [1.82, 2.24) is 9.80 Å². The summed E-state index contributed by atoms with van der Waals surface area (Å²) >= 11 is 7.68. The SMILES string of the molecule is CC(=O)N1CCN(C(=O)CNc2ccc3c(Cl)csc3c2)CC1. The molecule has 2 amide bonds. The second-order valence-corrected chi connectivity index (χ2v) is 6.85. The van der Waals surface area contributed by atoms with E-state index in [1.165, 1.54) is 0 Å². The lowest BCUT2D eigenvalue weighted by molar-refractivity contribution is -0.137. The Hall–Kier alpha value is -1.79. The average Bonchev–Trinajstić information content (AvgIpc) is 2.93. The van der Waals surface area contributed by atoms with Crippen molar-refractivity contribution in [2.75, 3.05) is 38.0 Å². The van der Waals surface area contributed by atoms with Gasteiger partial charge in [-0.3, -0.25) is 9.59 Å². The van der Waals surface area contributed by atoms with Gasteiger partial charge in [-0.15, -0.1) is 11.3 Å². The molecule has 2 aromatic rings. The standard InChI is InChI=1S/C16H18ClN3O2S/c1-11(21)19-4-6-20(7-5-19)16(22)9-18-12-2-3-13-14(17)10-23-15(13)8-12/h2-3,8,10,18H,4-7,9H2,1H3. The lowest BCUT2D eigenvalue weighted by atomic mass is 10.2. The molecule has 2 heterocycles. The number of hydrogen-bond donors (Lipinski definition) is 1. The molecule has 3 rings (SSSR count). The predicted molar refractivity (Wildman–Crippen MR) is 94.2 cm³/mol. The molecule has 0 saturated carbocycles. The van der Waals surface area contributed by atoms with Crippen LogP contribution in [-0.4, -0.2) is 54.3 Å². The highest BCUT2D eigenvalue weighted by atomic mass is 35.5. The molecule has 0 unspecified atom stereocenters. The summed E-state index contributed by atoms with van der Waals surface area (Å²) in [6, 6.07) is 5.90. The lowest BCUT2D eigenvalue weighted by Crippen LogP contribution is -2.51. The number of hydrogen-bond acceptors (Lipinski definition) is 4. The second kappa shape index (κ2) is 6.76. The van der Waals surface area contributed by atoms with E-state index >= 15 is 0 Å². The first-order valence-corrected chi connectivity index (χ1v) is 8.74. The zero-order valence-electron chi connectivity index (χ0n) is 12.8. The highest BCUT2D eigenvalue weighted by molar-refractivity contribution is 7.17. The van der Waals surface area contributed by atoms with Gasteiger partial charge in [0.15, 0.2) is 0 Å². The zero-order chi connectivity index (χ0) is 16.4. The Kier molecular flexibility index (Phi) is 4.73. The van der Waals surface area contributed by atoms with Gasteiger partial charge in [-0.05, 0) is 18.2 Å². The van der Waals surface area contributed by atoms with Crippen LogP contribution in [0.4, 0.5) is 5.69 Å². The molecule has 7 heteroatoms. The molecule has 23 heavy (non-hydrogen) atoms. The van der Waals surface area contributed by atoms with E-state index in [0.29, 0.717) is 26.2 Å². The summed E-state index contributed by atoms with van der Waals surface area (Å²) in [5, 5.41) is 6.88. The minimum absolute atomic E-state index is 0.0533. The Labute approximate surface area is 143 Å². The number of nitrogens with zero attached hydrogens (tertiary/aromatic N) is 2. The number of carbonyl (C=O) groups excluding carboxylic acids is 2. The van der Waals surface area contributed by atoms with Gasteiger partial charge in [-0.25, -0.2) is 0 Å². The van der Waals surface area contributed by atoms with Gasteiger partial charge in [0.05, 0.1) is 11.6 Å². The van der Waals surface area contributed by atoms with Crippen molar-refractivity contribution < 1.29 is 9.59 Å². The summed E-state index contributed by atoms with van der Waals surface area (Å²) < 4.78 is 1.10. The largest absolute Gasteiger partial charge is 0.376 e. The van der Waals surface area contributed by atoms with Crippen LogP contribution < -0.4 is 5.32 Å². The lowest BCUT2D eigenvalue weighted by Gasteiger charge is -2.34. The summed E-state index contributed by atoms with van der Waals surface area (Å²) in [5.74, 6) is 0.121. The highest BCUT2D eigenvalue weighted by Gasteiger charge is 2.21. The van der Waals surface area contributed by atoms with E-state index in [1.54, 1.807) is 28.1 Å². The average molecular weight is 352 g/mol. The molecule has 1 aliphatic heterocycles. The van der Waals surface area contributed by atoms with E-state index in [-0.39, 0.29) is 18.4 Å². The first-order chi connectivity index (χ1) is 11.0. The molecule has 5 nitrogen and oxygen atoms in total. The number of amides is 2. The molecule has 1 aliphatic rings. The first-order valence-electron chi connectivity index (χ1n) is 7.48. The van der Waals surface area contributed by atoms with E-state index in [0.717, 1.165) is 20.8 Å². The van der Waals surface area contributed by atoms with Crippen molar-refractivity contribution in [1.29, 1.82) is 0 Å². The number of nitrogens with one attached hydrogen (secondary N) is 1. The molecular weight excluding hydrogens is 334 g/mol. The van der Waals surface area contributed by atoms with Crippen LogP contribution in [0.15, 0.2) is 23.6 Å². The predicted octanol–water partition coefficient (Wildman–Crippen LogP) is 2.66. The zero-order valence-corrected chi connectivity index (χ0v) is 14.4. The molecule has 122 valence electrons. The first kappa shape index (κ1) is 16.1. The van der Waals surface area contributed by atoms with Crippen molar-refractivity contribution >= 4 is 50.5 Å². The van der Waals surface area contributed by atoms with Gasteiger partial charge in [0.25, 0.3) is 0 Å². The molecule has 1 N–H and O–H groups in total. The quantitative estimate of drug-likeness (QED) is 0.925. The fourth-order valence-electron chi connectivity index (χ4n) is 2.67. The van der Waals surface area contributed by atoms with Gasteiger partial charge in [0, 0.05) is 54.3 Å². The molecule has 0 spiro atoms. The number of halogens is 1. The van der Waals surface area contributed by atoms with Crippen molar-refractivity contribution in [2.24, 2.45) is 0 Å². The maximum Gasteiger partial charge on any atom is 0.241 e. The normalized spacial score (nSPS) is 15.0. The summed E-state index contributed by atoms with van der Waals surface area (Å²) in [6.45, 7) is 4.23. The van der Waals surface area contributed by atoms with Crippen molar-refractivity contribution in [3.63, 3.8) is 0 Å². The molecule has 0 aliphatic carbocycles. The van der Waals surface area contributed by atoms with E-state index in [2.05, 4.69) is 5.32 Å². The van der Waals surface area contributed by atoms with Crippen LogP contribution in [0.25, 0.3) is 10.1 Å². The van der Waals surface area contributed by atoms with E-state index in [1.807, 2.05) is 23.6 Å². The Morgan fingerprint density at radius 3 is 2.61 bits per heavy atom. The van der Waals surface area contributed by atoms with Crippen LogP contribution in [0.2, 0.25) is 5.02 Å². The molecular formula is C16H18ClN3O2S. The Balaban J connectivity index is 1.55. The number of thiophene rings is 1. The third-order valence-electron chi connectivity index (χ3n) is 4.05. The van der Waals surface area contributed by atoms with E-state index in [9.17, 15) is 9.59 Å². The molecule has 0 radical (unpaired) electrons. The van der Waals surface area contributed by atoms with Crippen molar-refractivity contribution in [2.45, 2.75) is 6.92 Å². The van der Waals surface area contributed by atoms with Crippen LogP contribution in [0.3, 0.4) is 0 Å². The summed E-state index contributed by atoms with van der Waals surface area (Å²) in [5.41, 5.74) is 0.909. The van der Waals surface area contributed by atoms with Gasteiger partial charge in [0.2, 0.25) is 11.8 Å². The number of fused-ring (bicyclic) bond motifs is 1. The third kappa shape index (κ3) is 3.59. The van der Waals surface area contributed by atoms with E-state index in [4.69, 9.17) is 11.6 Å². The topological polar surface area (TPSA) is 52.7 Å². The summed E-state index contributed by atoms with van der Waals surface area (Å²) in [6.07, 6.45) is 0. The monoisotopic (exact) mass is 351 g/mol. The third-order valence-corrected chi connectivity index (χ3v) is 5.44. The maximum atomic E-state index is 12.3. The van der Waals surface area contributed by atoms with Crippen LogP contribution in [0, 0.1) is 0 Å². The van der Waals surface area contributed by atoms with Crippen LogP contribution >= 0.6 is 22.9 Å². The van der Waals surface area contributed by atoms with Gasteiger partial charge in [-0.2, -0.15) is 0 Å². The Bertz CT molecular complexity index is 738. The minimum atomic E-state index is 0.0533. The number of carbonyl (C=O) groups is 2. The van der Waals surface area contributed by atoms with Gasteiger partial charge in [-0.1, -0.05) is 11.6 Å². The fraction of sp³-hybridized carbons (Fsp3) is 0.375. The van der Waals surface area contributed by atoms with Gasteiger partial charge in [0.1, 0.15) is 0 Å². The molecule has 1 aromatic heterocycles. The fourth-order valence-corrected chi connectivity index (χ4v) is 3.88. The molecule has 1 aromatic carbocycles. The number of benzene rings is 1. The van der Waals surface area contributed by atoms with Crippen molar-refractivity contribution in [3.8, 4) is 0 Å². The molecule has 0 atom stereocenters. The number of anilines is 1. The summed E-state index contributed by atoms with van der Waals surface area (Å²) in [7, 11) is 0. The smallest absolute Gasteiger partial charge is 0.241 e. The Morgan fingerprint density at radius 2 is 1.91 bits per heavy atom. The number of rotatable bonds is 3. The van der Waals surface area contributed by atoms with Crippen LogP contribution in [-0.2, 0) is 9.59 Å². The molecule has 0 bridgehead atoms. The molecule has 1 saturated heterocycles. The van der Waals surface area contributed by atoms with Crippen molar-refractivity contribution in [3.05, 3.63) is 28.6 Å². The highest BCUT2D eigenvalue weighted by Crippen LogP contribution is 2.31. The van der Waals surface area contributed by atoms with Gasteiger partial charge >= 0.3 is 0 Å². The second-order valence-electron chi connectivity index (χ2n) is 5.53. The maximum absolute atomic E-state index is 12.3. The Morgan fingerprint density at radius 1 is 1.22 bits per heavy atom.